The molecule has 0 aliphatic carbocycles. The lowest BCUT2D eigenvalue weighted by molar-refractivity contribution is 0.264. The lowest BCUT2D eigenvalue weighted by Gasteiger charge is -2.18. The summed E-state index contributed by atoms with van der Waals surface area (Å²) in [4.78, 5) is 0. The van der Waals surface area contributed by atoms with Crippen LogP contribution in [0.15, 0.2) is 42.5 Å². The van der Waals surface area contributed by atoms with Crippen LogP contribution in [0.2, 0.25) is 0 Å². The van der Waals surface area contributed by atoms with Gasteiger partial charge in [0.15, 0.2) is 0 Å². The molecule has 0 radical (unpaired) electrons. The Bertz CT molecular complexity index is 520. The van der Waals surface area contributed by atoms with Crippen molar-refractivity contribution in [3.8, 4) is 0 Å². The summed E-state index contributed by atoms with van der Waals surface area (Å²) in [6.07, 6.45) is 0.901. The first-order valence-electron chi connectivity index (χ1n) is 6.84. The Labute approximate surface area is 115 Å². The third kappa shape index (κ3) is 3.24. The Kier molecular flexibility index (Phi) is 4.39. The van der Waals surface area contributed by atoms with Gasteiger partial charge in [-0.05, 0) is 49.4 Å². The van der Waals surface area contributed by atoms with Crippen LogP contribution in [0.4, 0.5) is 0 Å². The Hall–Kier alpha value is -1.60. The highest BCUT2D eigenvalue weighted by molar-refractivity contribution is 5.36. The van der Waals surface area contributed by atoms with Crippen molar-refractivity contribution in [3.05, 3.63) is 70.3 Å². The highest BCUT2D eigenvalue weighted by Crippen LogP contribution is 2.24. The van der Waals surface area contributed by atoms with Crippen molar-refractivity contribution in [3.63, 3.8) is 0 Å². The van der Waals surface area contributed by atoms with Crippen molar-refractivity contribution in [2.24, 2.45) is 0 Å². The van der Waals surface area contributed by atoms with E-state index in [9.17, 15) is 5.11 Å². The van der Waals surface area contributed by atoms with Crippen molar-refractivity contribution >= 4 is 0 Å². The Morgan fingerprint density at radius 2 is 1.47 bits per heavy atom. The van der Waals surface area contributed by atoms with Crippen LogP contribution in [0.25, 0.3) is 0 Å². The van der Waals surface area contributed by atoms with Gasteiger partial charge in [-0.1, -0.05) is 48.0 Å². The molecule has 1 nitrogen and oxygen atoms in total. The molecular weight excluding hydrogens is 232 g/mol. The maximum atomic E-state index is 9.69. The van der Waals surface area contributed by atoms with Gasteiger partial charge in [0, 0.05) is 5.92 Å². The number of aliphatic hydroxyl groups excluding tert-OH is 1. The molecule has 0 aliphatic rings. The molecule has 0 spiro atoms. The molecule has 0 amide bonds. The zero-order chi connectivity index (χ0) is 13.8. The molecule has 0 heterocycles. The van der Waals surface area contributed by atoms with E-state index in [1.165, 1.54) is 27.8 Å². The maximum absolute atomic E-state index is 9.69. The fourth-order valence-electron chi connectivity index (χ4n) is 2.54. The highest BCUT2D eigenvalue weighted by Gasteiger charge is 2.13. The first-order chi connectivity index (χ1) is 9.11. The smallest absolute Gasteiger partial charge is 0.0502 e. The van der Waals surface area contributed by atoms with E-state index >= 15 is 0 Å². The van der Waals surface area contributed by atoms with E-state index in [2.05, 4.69) is 63.2 Å². The number of rotatable bonds is 4. The summed E-state index contributed by atoms with van der Waals surface area (Å²) in [5, 5.41) is 9.69. The van der Waals surface area contributed by atoms with Crippen LogP contribution in [-0.2, 0) is 6.42 Å². The van der Waals surface area contributed by atoms with Gasteiger partial charge in [-0.3, -0.25) is 0 Å². The Balaban J connectivity index is 2.26. The predicted molar refractivity (Wildman–Crippen MR) is 80.6 cm³/mol. The van der Waals surface area contributed by atoms with E-state index in [1.807, 2.05) is 0 Å². The molecule has 0 saturated carbocycles. The number of aliphatic hydroxyl groups is 1. The van der Waals surface area contributed by atoms with Gasteiger partial charge in [0.2, 0.25) is 0 Å². The molecule has 1 heteroatoms. The summed E-state index contributed by atoms with van der Waals surface area (Å²) in [5.41, 5.74) is 6.46. The molecule has 0 fully saturated rings. The second-order valence-corrected chi connectivity index (χ2v) is 5.36. The third-order valence-electron chi connectivity index (χ3n) is 3.86. The molecule has 2 aromatic carbocycles. The normalized spacial score (nSPS) is 12.4. The van der Waals surface area contributed by atoms with Crippen LogP contribution in [-0.4, -0.2) is 11.7 Å². The number of aryl methyl sites for hydroxylation is 3. The van der Waals surface area contributed by atoms with Crippen LogP contribution in [0, 0.1) is 20.8 Å². The minimum atomic E-state index is 0.181. The minimum Gasteiger partial charge on any atom is -0.396 e. The van der Waals surface area contributed by atoms with Crippen molar-refractivity contribution < 1.29 is 5.11 Å². The molecule has 100 valence electrons. The quantitative estimate of drug-likeness (QED) is 0.876. The van der Waals surface area contributed by atoms with Crippen LogP contribution in [0.1, 0.15) is 33.7 Å². The highest BCUT2D eigenvalue weighted by atomic mass is 16.3. The van der Waals surface area contributed by atoms with Gasteiger partial charge < -0.3 is 5.11 Å². The van der Waals surface area contributed by atoms with Gasteiger partial charge in [-0.15, -0.1) is 0 Å². The van der Waals surface area contributed by atoms with Crippen LogP contribution >= 0.6 is 0 Å². The summed E-state index contributed by atoms with van der Waals surface area (Å²) < 4.78 is 0. The second-order valence-electron chi connectivity index (χ2n) is 5.36. The molecule has 2 aromatic rings. The summed E-state index contributed by atoms with van der Waals surface area (Å²) >= 11 is 0. The average Bonchev–Trinajstić information content (AvgIpc) is 2.40. The largest absolute Gasteiger partial charge is 0.396 e. The van der Waals surface area contributed by atoms with Gasteiger partial charge in [0.05, 0.1) is 6.61 Å². The molecule has 19 heavy (non-hydrogen) atoms. The first-order valence-corrected chi connectivity index (χ1v) is 6.84. The average molecular weight is 254 g/mol. The lowest BCUT2D eigenvalue weighted by atomic mass is 9.88. The van der Waals surface area contributed by atoms with E-state index in [1.54, 1.807) is 0 Å². The van der Waals surface area contributed by atoms with Gasteiger partial charge in [0.25, 0.3) is 0 Å². The molecule has 1 atom stereocenters. The predicted octanol–water partition coefficient (Wildman–Crippen LogP) is 3.93. The number of hydrogen-bond acceptors (Lipinski definition) is 1. The van der Waals surface area contributed by atoms with E-state index < -0.39 is 0 Å². The summed E-state index contributed by atoms with van der Waals surface area (Å²) in [6.45, 7) is 6.57. The van der Waals surface area contributed by atoms with Crippen molar-refractivity contribution in [1.82, 2.24) is 0 Å². The molecule has 1 unspecified atom stereocenters. The number of benzene rings is 2. The summed E-state index contributed by atoms with van der Waals surface area (Å²) in [6, 6.07) is 14.9. The molecule has 0 saturated heterocycles. The molecule has 0 aliphatic heterocycles. The van der Waals surface area contributed by atoms with Crippen LogP contribution < -0.4 is 0 Å². The second kappa shape index (κ2) is 6.03. The third-order valence-corrected chi connectivity index (χ3v) is 3.86. The fraction of sp³-hybridized carbons (Fsp3) is 0.333. The van der Waals surface area contributed by atoms with Crippen molar-refractivity contribution in [2.45, 2.75) is 33.1 Å². The minimum absolute atomic E-state index is 0.181. The molecule has 1 N–H and O–H groups in total. The first kappa shape index (κ1) is 13.8. The topological polar surface area (TPSA) is 20.2 Å². The molecule has 0 bridgehead atoms. The zero-order valence-corrected chi connectivity index (χ0v) is 12.0. The van der Waals surface area contributed by atoms with Gasteiger partial charge in [0.1, 0.15) is 0 Å². The Morgan fingerprint density at radius 1 is 0.895 bits per heavy atom. The lowest BCUT2D eigenvalue weighted by Crippen LogP contribution is -2.09. The molecule has 0 aromatic heterocycles. The maximum Gasteiger partial charge on any atom is 0.0502 e. The van der Waals surface area contributed by atoms with Crippen LogP contribution in [0.3, 0.4) is 0 Å². The zero-order valence-electron chi connectivity index (χ0n) is 12.0. The van der Waals surface area contributed by atoms with Gasteiger partial charge >= 0.3 is 0 Å². The SMILES string of the molecule is Cc1ccc(C(CO)Cc2c(C)cccc2C)cc1. The van der Waals surface area contributed by atoms with Gasteiger partial charge in [-0.2, -0.15) is 0 Å². The van der Waals surface area contributed by atoms with E-state index in [4.69, 9.17) is 0 Å². The molecular formula is C18H22O. The van der Waals surface area contributed by atoms with Crippen molar-refractivity contribution in [1.29, 1.82) is 0 Å². The number of hydrogen-bond donors (Lipinski definition) is 1. The van der Waals surface area contributed by atoms with Crippen LogP contribution in [0.5, 0.6) is 0 Å². The molecule has 2 rings (SSSR count). The van der Waals surface area contributed by atoms with E-state index in [0.29, 0.717) is 0 Å². The van der Waals surface area contributed by atoms with E-state index in [-0.39, 0.29) is 12.5 Å². The van der Waals surface area contributed by atoms with E-state index in [0.717, 1.165) is 6.42 Å². The Morgan fingerprint density at radius 3 is 2.00 bits per heavy atom. The summed E-state index contributed by atoms with van der Waals surface area (Å²) in [5.74, 6) is 0.181. The van der Waals surface area contributed by atoms with Crippen molar-refractivity contribution in [2.75, 3.05) is 6.61 Å². The standard InChI is InChI=1S/C18H22O/c1-13-7-9-16(10-8-13)17(12-19)11-18-14(2)5-4-6-15(18)3/h4-10,17,19H,11-12H2,1-3H3. The monoisotopic (exact) mass is 254 g/mol. The fourth-order valence-corrected chi connectivity index (χ4v) is 2.54. The summed E-state index contributed by atoms with van der Waals surface area (Å²) in [7, 11) is 0. The van der Waals surface area contributed by atoms with Gasteiger partial charge in [-0.25, -0.2) is 0 Å².